The first-order valence-electron chi connectivity index (χ1n) is 8.49. The van der Waals surface area contributed by atoms with E-state index in [4.69, 9.17) is 9.15 Å². The van der Waals surface area contributed by atoms with Crippen molar-refractivity contribution in [3.63, 3.8) is 0 Å². The number of nitrogens with zero attached hydrogens (tertiary/aromatic N) is 1. The third kappa shape index (κ3) is 5.22. The number of rotatable bonds is 7. The van der Waals surface area contributed by atoms with Gasteiger partial charge < -0.3 is 19.4 Å². The zero-order valence-electron chi connectivity index (χ0n) is 14.9. The molecule has 0 radical (unpaired) electrons. The summed E-state index contributed by atoms with van der Waals surface area (Å²) in [6.45, 7) is 0.251. The van der Waals surface area contributed by atoms with Gasteiger partial charge in [0.05, 0.1) is 19.4 Å². The summed E-state index contributed by atoms with van der Waals surface area (Å²) in [6, 6.07) is 19.7. The maximum atomic E-state index is 12.5. The van der Waals surface area contributed by atoms with E-state index in [2.05, 4.69) is 5.32 Å². The lowest BCUT2D eigenvalue weighted by molar-refractivity contribution is -0.121. The van der Waals surface area contributed by atoms with Gasteiger partial charge >= 0.3 is 0 Å². The van der Waals surface area contributed by atoms with Crippen LogP contribution < -0.4 is 10.1 Å². The molecule has 6 heteroatoms. The molecule has 0 spiro atoms. The van der Waals surface area contributed by atoms with Gasteiger partial charge in [-0.15, -0.1) is 0 Å². The van der Waals surface area contributed by atoms with Crippen molar-refractivity contribution in [3.8, 4) is 11.5 Å². The molecule has 1 aromatic heterocycles. The summed E-state index contributed by atoms with van der Waals surface area (Å²) >= 11 is 0. The Balaban J connectivity index is 1.52. The van der Waals surface area contributed by atoms with E-state index in [0.717, 1.165) is 5.75 Å². The highest BCUT2D eigenvalue weighted by Gasteiger charge is 2.15. The van der Waals surface area contributed by atoms with Crippen LogP contribution in [0, 0.1) is 0 Å². The summed E-state index contributed by atoms with van der Waals surface area (Å²) in [5.41, 5.74) is 0.483. The molecule has 0 unspecified atom stereocenters. The lowest BCUT2D eigenvalue weighted by Gasteiger charge is -2.17. The van der Waals surface area contributed by atoms with Gasteiger partial charge in [-0.25, -0.2) is 0 Å². The maximum absolute atomic E-state index is 12.5. The molecule has 3 rings (SSSR count). The number of likely N-dealkylation sites (N-methyl/N-ethyl adjacent to an activating group) is 1. The van der Waals surface area contributed by atoms with Gasteiger partial charge in [0, 0.05) is 12.6 Å². The van der Waals surface area contributed by atoms with E-state index in [9.17, 15) is 9.59 Å². The lowest BCUT2D eigenvalue weighted by atomic mass is 10.2. The van der Waals surface area contributed by atoms with E-state index in [1.165, 1.54) is 4.90 Å². The molecule has 0 bridgehead atoms. The Kier molecular flexibility index (Phi) is 5.89. The van der Waals surface area contributed by atoms with Crippen LogP contribution in [0.5, 0.6) is 11.5 Å². The van der Waals surface area contributed by atoms with Crippen LogP contribution in [0.1, 0.15) is 16.1 Å². The number of benzene rings is 2. The van der Waals surface area contributed by atoms with Crippen molar-refractivity contribution in [2.45, 2.75) is 6.54 Å². The van der Waals surface area contributed by atoms with Gasteiger partial charge in [-0.2, -0.15) is 0 Å². The number of ether oxygens (including phenoxy) is 1. The second-order valence-corrected chi connectivity index (χ2v) is 5.96. The lowest BCUT2D eigenvalue weighted by Crippen LogP contribution is -2.38. The van der Waals surface area contributed by atoms with E-state index in [0.29, 0.717) is 23.6 Å². The monoisotopic (exact) mass is 364 g/mol. The van der Waals surface area contributed by atoms with E-state index in [1.54, 1.807) is 49.7 Å². The van der Waals surface area contributed by atoms with Crippen LogP contribution in [0.25, 0.3) is 0 Å². The van der Waals surface area contributed by atoms with Crippen LogP contribution in [0.4, 0.5) is 0 Å². The van der Waals surface area contributed by atoms with Crippen molar-refractivity contribution in [1.82, 2.24) is 10.2 Å². The van der Waals surface area contributed by atoms with E-state index >= 15 is 0 Å². The molecule has 1 N–H and O–H groups in total. The molecular formula is C21H20N2O4. The Labute approximate surface area is 157 Å². The van der Waals surface area contributed by atoms with Crippen LogP contribution >= 0.6 is 0 Å². The Morgan fingerprint density at radius 3 is 2.33 bits per heavy atom. The molecule has 1 heterocycles. The Morgan fingerprint density at radius 2 is 1.67 bits per heavy atom. The molecule has 2 aromatic carbocycles. The third-order valence-corrected chi connectivity index (χ3v) is 3.85. The van der Waals surface area contributed by atoms with Crippen LogP contribution in [0.2, 0.25) is 0 Å². The number of para-hydroxylation sites is 1. The average molecular weight is 364 g/mol. The van der Waals surface area contributed by atoms with E-state index < -0.39 is 0 Å². The van der Waals surface area contributed by atoms with Gasteiger partial charge in [0.15, 0.2) is 0 Å². The number of furan rings is 1. The highest BCUT2D eigenvalue weighted by molar-refractivity contribution is 5.96. The summed E-state index contributed by atoms with van der Waals surface area (Å²) in [7, 11) is 1.59. The van der Waals surface area contributed by atoms with Crippen molar-refractivity contribution in [3.05, 3.63) is 84.3 Å². The van der Waals surface area contributed by atoms with Gasteiger partial charge in [0.1, 0.15) is 17.3 Å². The minimum atomic E-state index is -0.258. The number of hydrogen-bond donors (Lipinski definition) is 1. The number of amides is 2. The molecule has 0 aliphatic heterocycles. The largest absolute Gasteiger partial charge is 0.467 e. The van der Waals surface area contributed by atoms with Crippen LogP contribution in [-0.2, 0) is 11.3 Å². The zero-order valence-corrected chi connectivity index (χ0v) is 14.9. The Hall–Kier alpha value is -3.54. The molecule has 0 saturated heterocycles. The van der Waals surface area contributed by atoms with Crippen molar-refractivity contribution in [2.75, 3.05) is 13.6 Å². The normalized spacial score (nSPS) is 10.3. The van der Waals surface area contributed by atoms with Gasteiger partial charge in [-0.1, -0.05) is 18.2 Å². The SMILES string of the molecule is CN(CC(=O)NCc1ccco1)C(=O)c1ccc(Oc2ccccc2)cc1. The van der Waals surface area contributed by atoms with Crippen molar-refractivity contribution in [2.24, 2.45) is 0 Å². The minimum absolute atomic E-state index is 0.0399. The van der Waals surface area contributed by atoms with Crippen LogP contribution in [0.15, 0.2) is 77.4 Å². The third-order valence-electron chi connectivity index (χ3n) is 3.85. The van der Waals surface area contributed by atoms with E-state index in [-0.39, 0.29) is 18.4 Å². The zero-order chi connectivity index (χ0) is 19.1. The highest BCUT2D eigenvalue weighted by atomic mass is 16.5. The quantitative estimate of drug-likeness (QED) is 0.697. The first-order chi connectivity index (χ1) is 13.1. The molecule has 138 valence electrons. The minimum Gasteiger partial charge on any atom is -0.467 e. The number of carbonyl (C=O) groups excluding carboxylic acids is 2. The molecule has 0 atom stereocenters. The maximum Gasteiger partial charge on any atom is 0.254 e. The van der Waals surface area contributed by atoms with Crippen LogP contribution in [0.3, 0.4) is 0 Å². The molecule has 27 heavy (non-hydrogen) atoms. The summed E-state index contributed by atoms with van der Waals surface area (Å²) < 4.78 is 10.9. The highest BCUT2D eigenvalue weighted by Crippen LogP contribution is 2.21. The van der Waals surface area contributed by atoms with Gasteiger partial charge in [0.2, 0.25) is 5.91 Å². The molecule has 6 nitrogen and oxygen atoms in total. The topological polar surface area (TPSA) is 71.8 Å². The summed E-state index contributed by atoms with van der Waals surface area (Å²) in [5, 5.41) is 2.71. The average Bonchev–Trinajstić information content (AvgIpc) is 3.21. The van der Waals surface area contributed by atoms with Gasteiger partial charge in [-0.05, 0) is 48.5 Å². The summed E-state index contributed by atoms with van der Waals surface area (Å²) in [6.07, 6.45) is 1.54. The molecule has 0 aliphatic rings. The fraction of sp³-hybridized carbons (Fsp3) is 0.143. The molecule has 0 saturated carbocycles. The smallest absolute Gasteiger partial charge is 0.254 e. The number of nitrogens with one attached hydrogen (secondary N) is 1. The standard InChI is InChI=1S/C21H20N2O4/c1-23(15-20(24)22-14-19-8-5-13-26-19)21(25)16-9-11-18(12-10-16)27-17-6-3-2-4-7-17/h2-13H,14-15H2,1H3,(H,22,24). The van der Waals surface area contributed by atoms with Crippen molar-refractivity contribution >= 4 is 11.8 Å². The Morgan fingerprint density at radius 1 is 0.963 bits per heavy atom. The molecular weight excluding hydrogens is 344 g/mol. The molecule has 0 fully saturated rings. The van der Waals surface area contributed by atoms with Crippen molar-refractivity contribution < 1.29 is 18.7 Å². The second-order valence-electron chi connectivity index (χ2n) is 5.96. The second kappa shape index (κ2) is 8.71. The van der Waals surface area contributed by atoms with E-state index in [1.807, 2.05) is 30.3 Å². The van der Waals surface area contributed by atoms with Crippen LogP contribution in [-0.4, -0.2) is 30.3 Å². The predicted molar refractivity (Wildman–Crippen MR) is 100 cm³/mol. The summed E-state index contributed by atoms with van der Waals surface area (Å²) in [4.78, 5) is 25.8. The Bertz CT molecular complexity index is 874. The number of carbonyl (C=O) groups is 2. The predicted octanol–water partition coefficient (Wildman–Crippen LogP) is 3.46. The van der Waals surface area contributed by atoms with Gasteiger partial charge in [-0.3, -0.25) is 9.59 Å². The summed E-state index contributed by atoms with van der Waals surface area (Å²) in [5.74, 6) is 1.52. The van der Waals surface area contributed by atoms with Gasteiger partial charge in [0.25, 0.3) is 5.91 Å². The number of hydrogen-bond acceptors (Lipinski definition) is 4. The molecule has 0 aliphatic carbocycles. The molecule has 3 aromatic rings. The fourth-order valence-electron chi connectivity index (χ4n) is 2.45. The molecule has 2 amide bonds. The first kappa shape index (κ1) is 18.3. The van der Waals surface area contributed by atoms with Crippen molar-refractivity contribution in [1.29, 1.82) is 0 Å². The first-order valence-corrected chi connectivity index (χ1v) is 8.49. The fourth-order valence-corrected chi connectivity index (χ4v) is 2.45.